The molecule has 0 spiro atoms. The summed E-state index contributed by atoms with van der Waals surface area (Å²) in [4.78, 5) is 25.2. The van der Waals surface area contributed by atoms with E-state index in [1.807, 2.05) is 0 Å². The standard InChI is InChI=1S/C13H14N4O3/c1-13(12(19)20)4-5-17(7-13)11(18)8-2-3-9-10(6-8)15-16-14-9/h2-3,6H,4-5,7H2,1H3,(H,19,20)(H,14,15,16)/t13-/m0/s1. The molecule has 1 aliphatic heterocycles. The number of H-pyrrole nitrogens is 1. The quantitative estimate of drug-likeness (QED) is 0.847. The number of likely N-dealkylation sites (tertiary alicyclic amines) is 1. The van der Waals surface area contributed by atoms with Gasteiger partial charge in [-0.1, -0.05) is 0 Å². The van der Waals surface area contributed by atoms with Crippen LogP contribution in [-0.2, 0) is 4.79 Å². The number of rotatable bonds is 2. The monoisotopic (exact) mass is 274 g/mol. The number of nitrogens with one attached hydrogen (secondary N) is 1. The number of benzene rings is 1. The molecule has 0 bridgehead atoms. The number of carboxylic acids is 1. The Bertz CT molecular complexity index is 696. The summed E-state index contributed by atoms with van der Waals surface area (Å²) in [7, 11) is 0. The van der Waals surface area contributed by atoms with Gasteiger partial charge in [-0.3, -0.25) is 9.59 Å². The molecule has 20 heavy (non-hydrogen) atoms. The molecule has 1 amide bonds. The Kier molecular flexibility index (Phi) is 2.70. The number of aliphatic carboxylic acids is 1. The average molecular weight is 274 g/mol. The molecule has 1 fully saturated rings. The number of hydrogen-bond acceptors (Lipinski definition) is 4. The van der Waals surface area contributed by atoms with Crippen molar-refractivity contribution >= 4 is 22.9 Å². The molecule has 7 nitrogen and oxygen atoms in total. The second-order valence-corrected chi connectivity index (χ2v) is 5.37. The smallest absolute Gasteiger partial charge is 0.311 e. The van der Waals surface area contributed by atoms with E-state index in [1.54, 1.807) is 30.0 Å². The fourth-order valence-corrected chi connectivity index (χ4v) is 2.46. The van der Waals surface area contributed by atoms with Crippen LogP contribution >= 0.6 is 0 Å². The lowest BCUT2D eigenvalue weighted by Gasteiger charge is -2.20. The number of hydrogen-bond donors (Lipinski definition) is 2. The summed E-state index contributed by atoms with van der Waals surface area (Å²) in [6.07, 6.45) is 0.472. The topological polar surface area (TPSA) is 99.2 Å². The van der Waals surface area contributed by atoms with Gasteiger partial charge in [0.25, 0.3) is 5.91 Å². The molecule has 2 heterocycles. The molecule has 1 atom stereocenters. The zero-order valence-electron chi connectivity index (χ0n) is 11.0. The summed E-state index contributed by atoms with van der Waals surface area (Å²) in [6, 6.07) is 5.07. The van der Waals surface area contributed by atoms with Gasteiger partial charge >= 0.3 is 5.97 Å². The number of aromatic nitrogens is 3. The largest absolute Gasteiger partial charge is 0.481 e. The number of aromatic amines is 1. The second-order valence-electron chi connectivity index (χ2n) is 5.37. The zero-order chi connectivity index (χ0) is 14.3. The van der Waals surface area contributed by atoms with Crippen molar-refractivity contribution in [2.45, 2.75) is 13.3 Å². The molecule has 1 saturated heterocycles. The minimum Gasteiger partial charge on any atom is -0.481 e. The van der Waals surface area contributed by atoms with E-state index in [4.69, 9.17) is 0 Å². The van der Waals surface area contributed by atoms with Gasteiger partial charge in [-0.15, -0.1) is 0 Å². The summed E-state index contributed by atoms with van der Waals surface area (Å²) < 4.78 is 0. The highest BCUT2D eigenvalue weighted by molar-refractivity contribution is 5.97. The predicted molar refractivity (Wildman–Crippen MR) is 70.2 cm³/mol. The summed E-state index contributed by atoms with van der Waals surface area (Å²) in [5.41, 5.74) is 0.962. The Morgan fingerprint density at radius 1 is 1.35 bits per heavy atom. The molecule has 0 aliphatic carbocycles. The summed E-state index contributed by atoms with van der Waals surface area (Å²) >= 11 is 0. The maximum absolute atomic E-state index is 12.4. The van der Waals surface area contributed by atoms with E-state index in [2.05, 4.69) is 15.4 Å². The fourth-order valence-electron chi connectivity index (χ4n) is 2.46. The van der Waals surface area contributed by atoms with Crippen LogP contribution in [-0.4, -0.2) is 50.4 Å². The van der Waals surface area contributed by atoms with Gasteiger partial charge in [-0.25, -0.2) is 0 Å². The van der Waals surface area contributed by atoms with Crippen LogP contribution < -0.4 is 0 Å². The van der Waals surface area contributed by atoms with Crippen molar-refractivity contribution in [3.8, 4) is 0 Å². The molecular formula is C13H14N4O3. The number of carbonyl (C=O) groups is 2. The number of carbonyl (C=O) groups excluding carboxylic acids is 1. The third-order valence-corrected chi connectivity index (χ3v) is 3.84. The van der Waals surface area contributed by atoms with Gasteiger partial charge in [0.2, 0.25) is 0 Å². The minimum atomic E-state index is -0.861. The second kappa shape index (κ2) is 4.29. The van der Waals surface area contributed by atoms with E-state index in [0.29, 0.717) is 29.6 Å². The first-order valence-corrected chi connectivity index (χ1v) is 6.33. The van der Waals surface area contributed by atoms with Gasteiger partial charge in [0.05, 0.1) is 5.41 Å². The highest BCUT2D eigenvalue weighted by Crippen LogP contribution is 2.31. The first kappa shape index (κ1) is 12.6. The Balaban J connectivity index is 1.84. The van der Waals surface area contributed by atoms with Gasteiger partial charge in [-0.05, 0) is 31.5 Å². The zero-order valence-corrected chi connectivity index (χ0v) is 11.0. The summed E-state index contributed by atoms with van der Waals surface area (Å²) in [5, 5.41) is 19.6. The number of fused-ring (bicyclic) bond motifs is 1. The van der Waals surface area contributed by atoms with Crippen LogP contribution in [0.3, 0.4) is 0 Å². The van der Waals surface area contributed by atoms with Crippen LogP contribution in [0.4, 0.5) is 0 Å². The van der Waals surface area contributed by atoms with Crippen molar-refractivity contribution in [1.82, 2.24) is 20.3 Å². The molecule has 1 aliphatic rings. The van der Waals surface area contributed by atoms with Crippen LogP contribution in [0.25, 0.3) is 11.0 Å². The first-order chi connectivity index (χ1) is 9.49. The highest BCUT2D eigenvalue weighted by Gasteiger charge is 2.42. The Labute approximate surface area is 114 Å². The summed E-state index contributed by atoms with van der Waals surface area (Å²) in [5.74, 6) is -1.03. The Morgan fingerprint density at radius 3 is 2.80 bits per heavy atom. The molecule has 2 aromatic rings. The Morgan fingerprint density at radius 2 is 2.10 bits per heavy atom. The van der Waals surface area contributed by atoms with Gasteiger partial charge in [0.15, 0.2) is 0 Å². The lowest BCUT2D eigenvalue weighted by atomic mass is 9.90. The molecule has 1 aromatic heterocycles. The normalized spacial score (nSPS) is 22.4. The highest BCUT2D eigenvalue weighted by atomic mass is 16.4. The van der Waals surface area contributed by atoms with Crippen LogP contribution in [0.5, 0.6) is 0 Å². The number of carboxylic acid groups (broad SMARTS) is 1. The molecule has 7 heteroatoms. The van der Waals surface area contributed by atoms with Crippen molar-refractivity contribution in [1.29, 1.82) is 0 Å². The predicted octanol–water partition coefficient (Wildman–Crippen LogP) is 0.895. The molecular weight excluding hydrogens is 260 g/mol. The molecule has 104 valence electrons. The third-order valence-electron chi connectivity index (χ3n) is 3.84. The maximum atomic E-state index is 12.4. The molecule has 0 saturated carbocycles. The Hall–Kier alpha value is -2.44. The van der Waals surface area contributed by atoms with E-state index in [0.717, 1.165) is 0 Å². The van der Waals surface area contributed by atoms with Gasteiger partial charge in [-0.2, -0.15) is 15.4 Å². The minimum absolute atomic E-state index is 0.167. The molecule has 0 radical (unpaired) electrons. The number of nitrogens with zero attached hydrogens (tertiary/aromatic N) is 3. The average Bonchev–Trinajstić information content (AvgIpc) is 3.04. The van der Waals surface area contributed by atoms with Crippen molar-refractivity contribution < 1.29 is 14.7 Å². The van der Waals surface area contributed by atoms with Crippen LogP contribution in [0.2, 0.25) is 0 Å². The molecule has 3 rings (SSSR count). The van der Waals surface area contributed by atoms with Gasteiger partial charge in [0, 0.05) is 18.7 Å². The van der Waals surface area contributed by atoms with Crippen LogP contribution in [0, 0.1) is 5.41 Å². The van der Waals surface area contributed by atoms with Crippen molar-refractivity contribution in [3.05, 3.63) is 23.8 Å². The van der Waals surface area contributed by atoms with Gasteiger partial charge in [0.1, 0.15) is 11.0 Å². The molecule has 2 N–H and O–H groups in total. The number of amides is 1. The van der Waals surface area contributed by atoms with E-state index in [9.17, 15) is 14.7 Å². The van der Waals surface area contributed by atoms with Crippen LogP contribution in [0.1, 0.15) is 23.7 Å². The lowest BCUT2D eigenvalue weighted by molar-refractivity contribution is -0.147. The van der Waals surface area contributed by atoms with Gasteiger partial charge < -0.3 is 10.0 Å². The molecule has 0 unspecified atom stereocenters. The van der Waals surface area contributed by atoms with Crippen molar-refractivity contribution in [2.75, 3.05) is 13.1 Å². The fraction of sp³-hybridized carbons (Fsp3) is 0.385. The van der Waals surface area contributed by atoms with Crippen molar-refractivity contribution in [2.24, 2.45) is 5.41 Å². The van der Waals surface area contributed by atoms with E-state index in [-0.39, 0.29) is 12.5 Å². The van der Waals surface area contributed by atoms with E-state index >= 15 is 0 Å². The van der Waals surface area contributed by atoms with E-state index < -0.39 is 11.4 Å². The maximum Gasteiger partial charge on any atom is 0.311 e. The molecule has 1 aromatic carbocycles. The van der Waals surface area contributed by atoms with Crippen molar-refractivity contribution in [3.63, 3.8) is 0 Å². The van der Waals surface area contributed by atoms with Crippen LogP contribution in [0.15, 0.2) is 18.2 Å². The third kappa shape index (κ3) is 1.91. The lowest BCUT2D eigenvalue weighted by Crippen LogP contribution is -2.34. The SMILES string of the molecule is C[C@]1(C(=O)O)CCN(C(=O)c2ccc3n[nH]nc3c2)C1. The van der Waals surface area contributed by atoms with E-state index in [1.165, 1.54) is 0 Å². The summed E-state index contributed by atoms with van der Waals surface area (Å²) in [6.45, 7) is 2.36. The first-order valence-electron chi connectivity index (χ1n) is 6.33.